The van der Waals surface area contributed by atoms with Crippen molar-refractivity contribution in [1.29, 1.82) is 0 Å². The standard InChI is InChI=1S/C25H26N2O4S/c1-4-5-6-10-20-23-19-9-7-8-11-21(19)27(22(23)16-26-24(20)25(28)31-3)32(29,30)18-14-12-17(2)13-15-18/h7-9,11-16H,4-6,10H2,1-3H3. The summed E-state index contributed by atoms with van der Waals surface area (Å²) >= 11 is 0. The van der Waals surface area contributed by atoms with Crippen molar-refractivity contribution in [2.24, 2.45) is 0 Å². The van der Waals surface area contributed by atoms with Gasteiger partial charge in [-0.1, -0.05) is 55.7 Å². The molecule has 32 heavy (non-hydrogen) atoms. The highest BCUT2D eigenvalue weighted by atomic mass is 32.2. The zero-order valence-electron chi connectivity index (χ0n) is 18.5. The topological polar surface area (TPSA) is 78.3 Å². The van der Waals surface area contributed by atoms with Crippen molar-refractivity contribution in [3.8, 4) is 0 Å². The van der Waals surface area contributed by atoms with Gasteiger partial charge < -0.3 is 4.74 Å². The molecule has 4 rings (SSSR count). The number of pyridine rings is 1. The normalized spacial score (nSPS) is 11.8. The molecule has 2 aromatic heterocycles. The number of aryl methyl sites for hydroxylation is 2. The van der Waals surface area contributed by atoms with Crippen LogP contribution in [-0.2, 0) is 21.2 Å². The van der Waals surface area contributed by atoms with Crippen LogP contribution in [-0.4, -0.2) is 30.5 Å². The maximum absolute atomic E-state index is 13.7. The van der Waals surface area contributed by atoms with E-state index in [4.69, 9.17) is 4.74 Å². The van der Waals surface area contributed by atoms with Crippen LogP contribution in [0.15, 0.2) is 59.6 Å². The van der Waals surface area contributed by atoms with E-state index in [0.29, 0.717) is 17.5 Å². The Hall–Kier alpha value is -3.19. The minimum absolute atomic E-state index is 0.204. The Morgan fingerprint density at radius 2 is 1.75 bits per heavy atom. The summed E-state index contributed by atoms with van der Waals surface area (Å²) in [6, 6.07) is 14.2. The first-order chi connectivity index (χ1) is 15.4. The molecule has 0 aliphatic heterocycles. The van der Waals surface area contributed by atoms with Gasteiger partial charge in [0.15, 0.2) is 5.69 Å². The number of fused-ring (bicyclic) bond motifs is 3. The van der Waals surface area contributed by atoms with Gasteiger partial charge in [0.25, 0.3) is 10.0 Å². The molecule has 0 amide bonds. The van der Waals surface area contributed by atoms with Crippen LogP contribution in [0.1, 0.15) is 47.8 Å². The van der Waals surface area contributed by atoms with Gasteiger partial charge >= 0.3 is 5.97 Å². The van der Waals surface area contributed by atoms with Gasteiger partial charge in [-0.05, 0) is 43.5 Å². The third kappa shape index (κ3) is 3.66. The molecular formula is C25H26N2O4S. The zero-order chi connectivity index (χ0) is 22.9. The number of unbranched alkanes of at least 4 members (excludes halogenated alkanes) is 2. The van der Waals surface area contributed by atoms with Gasteiger partial charge in [0, 0.05) is 10.8 Å². The predicted octanol–water partition coefficient (Wildman–Crippen LogP) is 5.25. The Morgan fingerprint density at radius 1 is 1.03 bits per heavy atom. The molecule has 0 N–H and O–H groups in total. The number of rotatable bonds is 7. The highest BCUT2D eigenvalue weighted by Crippen LogP contribution is 2.36. The molecule has 0 fully saturated rings. The van der Waals surface area contributed by atoms with Crippen molar-refractivity contribution in [3.05, 3.63) is 71.5 Å². The summed E-state index contributed by atoms with van der Waals surface area (Å²) < 4.78 is 33.8. The Bertz CT molecular complexity index is 1400. The van der Waals surface area contributed by atoms with Crippen LogP contribution >= 0.6 is 0 Å². The van der Waals surface area contributed by atoms with Crippen LogP contribution in [0, 0.1) is 6.92 Å². The number of benzene rings is 2. The predicted molar refractivity (Wildman–Crippen MR) is 126 cm³/mol. The number of ether oxygens (including phenoxy) is 1. The van der Waals surface area contributed by atoms with Crippen LogP contribution in [0.2, 0.25) is 0 Å². The van der Waals surface area contributed by atoms with Crippen molar-refractivity contribution in [2.45, 2.75) is 44.4 Å². The fraction of sp³-hybridized carbons (Fsp3) is 0.280. The molecule has 0 aliphatic carbocycles. The third-order valence-corrected chi connectivity index (χ3v) is 7.48. The average molecular weight is 451 g/mol. The second kappa shape index (κ2) is 8.74. The van der Waals surface area contributed by atoms with E-state index in [0.717, 1.165) is 41.2 Å². The van der Waals surface area contributed by atoms with E-state index in [1.165, 1.54) is 17.3 Å². The molecule has 7 heteroatoms. The quantitative estimate of drug-likeness (QED) is 0.284. The Kier molecular flexibility index (Phi) is 6.02. The van der Waals surface area contributed by atoms with E-state index in [1.807, 2.05) is 25.1 Å². The minimum Gasteiger partial charge on any atom is -0.464 e. The summed E-state index contributed by atoms with van der Waals surface area (Å²) in [6.07, 6.45) is 4.97. The Balaban J connectivity index is 2.08. The smallest absolute Gasteiger partial charge is 0.356 e. The molecule has 0 bridgehead atoms. The highest BCUT2D eigenvalue weighted by molar-refractivity contribution is 7.90. The van der Waals surface area contributed by atoms with Crippen LogP contribution < -0.4 is 0 Å². The minimum atomic E-state index is -3.89. The van der Waals surface area contributed by atoms with Gasteiger partial charge in [0.1, 0.15) is 0 Å². The van der Waals surface area contributed by atoms with Crippen molar-refractivity contribution in [1.82, 2.24) is 8.96 Å². The monoisotopic (exact) mass is 450 g/mol. The number of hydrogen-bond acceptors (Lipinski definition) is 5. The summed E-state index contributed by atoms with van der Waals surface area (Å²) in [5, 5.41) is 1.51. The lowest BCUT2D eigenvalue weighted by molar-refractivity contribution is 0.0593. The molecule has 6 nitrogen and oxygen atoms in total. The lowest BCUT2D eigenvalue weighted by atomic mass is 9.99. The van der Waals surface area contributed by atoms with E-state index < -0.39 is 16.0 Å². The Labute approximate surface area is 187 Å². The second-order valence-electron chi connectivity index (χ2n) is 7.89. The number of hydrogen-bond donors (Lipinski definition) is 0. The average Bonchev–Trinajstić information content (AvgIpc) is 3.14. The van der Waals surface area contributed by atoms with E-state index in [9.17, 15) is 13.2 Å². The number of carbonyl (C=O) groups is 1. The first-order valence-electron chi connectivity index (χ1n) is 10.7. The molecule has 0 saturated carbocycles. The zero-order valence-corrected chi connectivity index (χ0v) is 19.3. The van der Waals surface area contributed by atoms with Gasteiger partial charge in [-0.2, -0.15) is 0 Å². The molecule has 0 aliphatic rings. The SMILES string of the molecule is CCCCCc1c(C(=O)OC)ncc2c1c1ccccc1n2S(=O)(=O)c1ccc(C)cc1. The van der Waals surface area contributed by atoms with Crippen molar-refractivity contribution in [3.63, 3.8) is 0 Å². The van der Waals surface area contributed by atoms with Gasteiger partial charge in [0.05, 0.1) is 29.2 Å². The second-order valence-corrected chi connectivity index (χ2v) is 9.68. The van der Waals surface area contributed by atoms with Gasteiger partial charge in [-0.25, -0.2) is 22.2 Å². The van der Waals surface area contributed by atoms with Gasteiger partial charge in [0.2, 0.25) is 0 Å². The van der Waals surface area contributed by atoms with E-state index >= 15 is 0 Å². The lowest BCUT2D eigenvalue weighted by Gasteiger charge is -2.12. The van der Waals surface area contributed by atoms with E-state index in [2.05, 4.69) is 11.9 Å². The van der Waals surface area contributed by atoms with E-state index in [1.54, 1.807) is 30.3 Å². The summed E-state index contributed by atoms with van der Waals surface area (Å²) in [5.74, 6) is -0.517. The highest BCUT2D eigenvalue weighted by Gasteiger charge is 2.27. The maximum Gasteiger partial charge on any atom is 0.356 e. The van der Waals surface area contributed by atoms with Gasteiger partial charge in [-0.3, -0.25) is 0 Å². The lowest BCUT2D eigenvalue weighted by Crippen LogP contribution is -2.14. The number of carbonyl (C=O) groups excluding carboxylic acids is 1. The van der Waals surface area contributed by atoms with Crippen molar-refractivity contribution >= 4 is 37.8 Å². The molecule has 0 atom stereocenters. The van der Waals surface area contributed by atoms with Gasteiger partial charge in [-0.15, -0.1) is 0 Å². The number of aromatic nitrogens is 2. The largest absolute Gasteiger partial charge is 0.464 e. The van der Waals surface area contributed by atoms with Crippen LogP contribution in [0.4, 0.5) is 0 Å². The van der Waals surface area contributed by atoms with Crippen molar-refractivity contribution < 1.29 is 17.9 Å². The van der Waals surface area contributed by atoms with Crippen molar-refractivity contribution in [2.75, 3.05) is 7.11 Å². The summed E-state index contributed by atoms with van der Waals surface area (Å²) in [5.41, 5.74) is 2.98. The molecule has 0 saturated heterocycles. The first-order valence-corrected chi connectivity index (χ1v) is 12.2. The molecule has 166 valence electrons. The molecule has 4 aromatic rings. The fourth-order valence-corrected chi connectivity index (χ4v) is 5.64. The first kappa shape index (κ1) is 22.0. The number of nitrogens with zero attached hydrogens (tertiary/aromatic N) is 2. The molecule has 2 aromatic carbocycles. The summed E-state index contributed by atoms with van der Waals surface area (Å²) in [7, 11) is -2.56. The molecule has 0 spiro atoms. The third-order valence-electron chi connectivity index (χ3n) is 5.74. The summed E-state index contributed by atoms with van der Waals surface area (Å²) in [6.45, 7) is 4.03. The molecule has 0 radical (unpaired) electrons. The number of esters is 1. The molecule has 0 unspecified atom stereocenters. The number of para-hydroxylation sites is 1. The van der Waals surface area contributed by atoms with Crippen LogP contribution in [0.3, 0.4) is 0 Å². The number of methoxy groups -OCH3 is 1. The Morgan fingerprint density at radius 3 is 2.44 bits per heavy atom. The fourth-order valence-electron chi connectivity index (χ4n) is 4.13. The van der Waals surface area contributed by atoms with Crippen LogP contribution in [0.5, 0.6) is 0 Å². The maximum atomic E-state index is 13.7. The summed E-state index contributed by atoms with van der Waals surface area (Å²) in [4.78, 5) is 17.1. The van der Waals surface area contributed by atoms with E-state index in [-0.39, 0.29) is 10.6 Å². The molecule has 2 heterocycles. The van der Waals surface area contributed by atoms with Crippen LogP contribution in [0.25, 0.3) is 21.8 Å². The molecular weight excluding hydrogens is 424 g/mol.